The van der Waals surface area contributed by atoms with Crippen LogP contribution in [0, 0.1) is 5.92 Å². The summed E-state index contributed by atoms with van der Waals surface area (Å²) in [5.74, 6) is -3.67. The van der Waals surface area contributed by atoms with Gasteiger partial charge in [0.25, 0.3) is 0 Å². The molecule has 90 valence electrons. The van der Waals surface area contributed by atoms with Crippen molar-refractivity contribution in [3.63, 3.8) is 0 Å². The first-order valence-corrected chi connectivity index (χ1v) is 4.92. The van der Waals surface area contributed by atoms with Crippen LogP contribution in [0.3, 0.4) is 0 Å². The third-order valence-corrected chi connectivity index (χ3v) is 3.35. The van der Waals surface area contributed by atoms with E-state index in [1.807, 2.05) is 0 Å². The maximum Gasteiger partial charge on any atom is 0.471 e. The average molecular weight is 237 g/mol. The van der Waals surface area contributed by atoms with E-state index in [1.165, 1.54) is 0 Å². The molecule has 0 bridgehead atoms. The number of carboxylic acids is 1. The van der Waals surface area contributed by atoms with E-state index in [1.54, 1.807) is 0 Å². The van der Waals surface area contributed by atoms with Crippen LogP contribution in [-0.4, -0.2) is 40.1 Å². The van der Waals surface area contributed by atoms with E-state index in [4.69, 9.17) is 5.11 Å². The Hall–Kier alpha value is -1.27. The van der Waals surface area contributed by atoms with Gasteiger partial charge in [-0.3, -0.25) is 4.79 Å². The van der Waals surface area contributed by atoms with Gasteiger partial charge in [-0.1, -0.05) is 0 Å². The van der Waals surface area contributed by atoms with Gasteiger partial charge >= 0.3 is 18.1 Å². The van der Waals surface area contributed by atoms with Gasteiger partial charge in [0.2, 0.25) is 0 Å². The summed E-state index contributed by atoms with van der Waals surface area (Å²) in [7, 11) is 0. The summed E-state index contributed by atoms with van der Waals surface area (Å²) < 4.78 is 36.8. The monoisotopic (exact) mass is 237 g/mol. The van der Waals surface area contributed by atoms with Crippen LogP contribution < -0.4 is 0 Å². The molecular formula is C9H10F3NO3. The van der Waals surface area contributed by atoms with Crippen molar-refractivity contribution < 1.29 is 27.9 Å². The van der Waals surface area contributed by atoms with E-state index in [9.17, 15) is 22.8 Å². The molecule has 1 saturated carbocycles. The van der Waals surface area contributed by atoms with Crippen molar-refractivity contribution in [2.75, 3.05) is 6.54 Å². The van der Waals surface area contributed by atoms with E-state index in [0.717, 1.165) is 0 Å². The topological polar surface area (TPSA) is 57.6 Å². The molecule has 16 heavy (non-hydrogen) atoms. The van der Waals surface area contributed by atoms with Crippen molar-refractivity contribution in [3.8, 4) is 0 Å². The minimum Gasteiger partial charge on any atom is -0.479 e. The second-order valence-electron chi connectivity index (χ2n) is 4.23. The standard InChI is InChI=1S/C9H10F3NO3/c10-9(11,12)6(14)13-3-1-2-5-4-8(5,13)7(15)16/h5H,1-4H2,(H,15,16)/t5-,8+/m1/s1. The Labute approximate surface area is 89.0 Å². The van der Waals surface area contributed by atoms with Gasteiger partial charge in [0.15, 0.2) is 0 Å². The van der Waals surface area contributed by atoms with Crippen LogP contribution in [0.1, 0.15) is 19.3 Å². The van der Waals surface area contributed by atoms with Gasteiger partial charge in [0.05, 0.1) is 0 Å². The molecule has 2 fully saturated rings. The number of carboxylic acid groups (broad SMARTS) is 1. The second-order valence-corrected chi connectivity index (χ2v) is 4.23. The zero-order valence-corrected chi connectivity index (χ0v) is 8.25. The predicted molar refractivity (Wildman–Crippen MR) is 45.5 cm³/mol. The van der Waals surface area contributed by atoms with Crippen LogP contribution in [0.15, 0.2) is 0 Å². The first-order chi connectivity index (χ1) is 7.30. The number of aliphatic carboxylic acids is 1. The molecule has 0 aromatic rings. The largest absolute Gasteiger partial charge is 0.479 e. The molecule has 1 saturated heterocycles. The van der Waals surface area contributed by atoms with E-state index < -0.39 is 23.6 Å². The van der Waals surface area contributed by atoms with Gasteiger partial charge < -0.3 is 10.0 Å². The highest BCUT2D eigenvalue weighted by Crippen LogP contribution is 2.55. The van der Waals surface area contributed by atoms with Crippen molar-refractivity contribution in [2.45, 2.75) is 31.0 Å². The Morgan fingerprint density at radius 2 is 2.00 bits per heavy atom. The number of rotatable bonds is 1. The lowest BCUT2D eigenvalue weighted by Gasteiger charge is -2.33. The van der Waals surface area contributed by atoms with Crippen LogP contribution in [-0.2, 0) is 9.59 Å². The number of hydrogen-bond acceptors (Lipinski definition) is 2. The maximum atomic E-state index is 12.3. The zero-order chi connectivity index (χ0) is 12.1. The maximum absolute atomic E-state index is 12.3. The number of halogens is 3. The normalized spacial score (nSPS) is 33.2. The summed E-state index contributed by atoms with van der Waals surface area (Å²) in [5.41, 5.74) is -1.58. The summed E-state index contributed by atoms with van der Waals surface area (Å²) in [5, 5.41) is 8.96. The molecule has 2 rings (SSSR count). The van der Waals surface area contributed by atoms with Gasteiger partial charge in [0, 0.05) is 6.54 Å². The van der Waals surface area contributed by atoms with Crippen molar-refractivity contribution in [1.29, 1.82) is 0 Å². The van der Waals surface area contributed by atoms with Gasteiger partial charge in [-0.05, 0) is 25.2 Å². The lowest BCUT2D eigenvalue weighted by Crippen LogP contribution is -2.55. The van der Waals surface area contributed by atoms with Crippen LogP contribution >= 0.6 is 0 Å². The number of nitrogens with zero attached hydrogens (tertiary/aromatic N) is 1. The Kier molecular flexibility index (Phi) is 2.18. The number of alkyl halides is 3. The zero-order valence-electron chi connectivity index (χ0n) is 8.25. The first-order valence-electron chi connectivity index (χ1n) is 4.92. The van der Waals surface area contributed by atoms with Gasteiger partial charge in [-0.2, -0.15) is 13.2 Å². The van der Waals surface area contributed by atoms with Gasteiger partial charge in [-0.25, -0.2) is 4.79 Å². The highest BCUT2D eigenvalue weighted by molar-refractivity contribution is 5.92. The van der Waals surface area contributed by atoms with E-state index in [-0.39, 0.29) is 18.9 Å². The molecule has 0 aromatic heterocycles. The number of likely N-dealkylation sites (tertiary alicyclic amines) is 1. The lowest BCUT2D eigenvalue weighted by atomic mass is 10.0. The average Bonchev–Trinajstić information content (AvgIpc) is 2.89. The lowest BCUT2D eigenvalue weighted by molar-refractivity contribution is -0.192. The van der Waals surface area contributed by atoms with Crippen LogP contribution in [0.2, 0.25) is 0 Å². The summed E-state index contributed by atoms with van der Waals surface area (Å²) >= 11 is 0. The quantitative estimate of drug-likeness (QED) is 0.740. The van der Waals surface area contributed by atoms with Crippen molar-refractivity contribution in [3.05, 3.63) is 0 Å². The summed E-state index contributed by atoms with van der Waals surface area (Å²) in [4.78, 5) is 22.6. The molecule has 1 amide bonds. The number of amides is 1. The number of hydrogen-bond donors (Lipinski definition) is 1. The molecule has 2 aliphatic rings. The minimum absolute atomic E-state index is 0.124. The van der Waals surface area contributed by atoms with Crippen LogP contribution in [0.4, 0.5) is 13.2 Å². The Morgan fingerprint density at radius 3 is 2.50 bits per heavy atom. The van der Waals surface area contributed by atoms with E-state index in [2.05, 4.69) is 0 Å². The molecule has 1 N–H and O–H groups in total. The Bertz CT molecular complexity index is 354. The fourth-order valence-corrected chi connectivity index (χ4v) is 2.50. The molecule has 4 nitrogen and oxygen atoms in total. The van der Waals surface area contributed by atoms with E-state index in [0.29, 0.717) is 17.7 Å². The van der Waals surface area contributed by atoms with Crippen molar-refractivity contribution in [2.24, 2.45) is 5.92 Å². The molecule has 0 spiro atoms. The van der Waals surface area contributed by atoms with E-state index >= 15 is 0 Å². The molecule has 1 aliphatic heterocycles. The molecule has 1 aliphatic carbocycles. The molecule has 1 heterocycles. The smallest absolute Gasteiger partial charge is 0.471 e. The summed E-state index contributed by atoms with van der Waals surface area (Å²) in [6.07, 6.45) is -3.84. The van der Waals surface area contributed by atoms with Crippen LogP contribution in [0.25, 0.3) is 0 Å². The Balaban J connectivity index is 2.27. The fraction of sp³-hybridized carbons (Fsp3) is 0.778. The molecular weight excluding hydrogens is 227 g/mol. The molecule has 7 heteroatoms. The van der Waals surface area contributed by atoms with Gasteiger partial charge in [0.1, 0.15) is 5.54 Å². The highest BCUT2D eigenvalue weighted by Gasteiger charge is 2.68. The number of carbonyl (C=O) groups excluding carboxylic acids is 1. The SMILES string of the molecule is O=C(N1CCC[C@@H]2C[C@@]21C(=O)O)C(F)(F)F. The predicted octanol–water partition coefficient (Wildman–Crippen LogP) is 1.01. The number of piperidine rings is 1. The molecule has 0 aromatic carbocycles. The second kappa shape index (κ2) is 3.11. The fourth-order valence-electron chi connectivity index (χ4n) is 2.50. The molecule has 2 atom stereocenters. The van der Waals surface area contributed by atoms with Crippen molar-refractivity contribution in [1.82, 2.24) is 4.90 Å². The number of fused-ring (bicyclic) bond motifs is 1. The van der Waals surface area contributed by atoms with Crippen molar-refractivity contribution >= 4 is 11.9 Å². The summed E-state index contributed by atoms with van der Waals surface area (Å²) in [6, 6.07) is 0. The minimum atomic E-state index is -4.99. The highest BCUT2D eigenvalue weighted by atomic mass is 19.4. The summed E-state index contributed by atoms with van der Waals surface area (Å²) in [6.45, 7) is -0.124. The third kappa shape index (κ3) is 1.37. The molecule has 0 unspecified atom stereocenters. The Morgan fingerprint density at radius 1 is 1.38 bits per heavy atom. The number of carbonyl (C=O) groups is 2. The van der Waals surface area contributed by atoms with Crippen LogP contribution in [0.5, 0.6) is 0 Å². The third-order valence-electron chi connectivity index (χ3n) is 3.35. The van der Waals surface area contributed by atoms with Gasteiger partial charge in [-0.15, -0.1) is 0 Å². The molecule has 0 radical (unpaired) electrons. The first kappa shape index (κ1) is 11.2.